The Kier molecular flexibility index (Phi) is 5.39. The molecule has 0 aliphatic carbocycles. The third-order valence-corrected chi connectivity index (χ3v) is 6.35. The number of benzene rings is 1. The summed E-state index contributed by atoms with van der Waals surface area (Å²) < 4.78 is 66.3. The molecule has 8 heteroatoms. The van der Waals surface area contributed by atoms with Crippen molar-refractivity contribution in [1.29, 1.82) is 0 Å². The second-order valence-electron chi connectivity index (χ2n) is 8.37. The molecule has 3 heterocycles. The van der Waals surface area contributed by atoms with Crippen LogP contribution in [0.3, 0.4) is 0 Å². The molecule has 1 N–H and O–H groups in total. The summed E-state index contributed by atoms with van der Waals surface area (Å²) in [5.41, 5.74) is 0.163. The van der Waals surface area contributed by atoms with Crippen LogP contribution >= 0.6 is 0 Å². The van der Waals surface area contributed by atoms with Crippen molar-refractivity contribution in [3.05, 3.63) is 35.4 Å². The summed E-state index contributed by atoms with van der Waals surface area (Å²) in [4.78, 5) is 4.24. The number of piperidine rings is 1. The molecule has 3 fully saturated rings. The van der Waals surface area contributed by atoms with Crippen molar-refractivity contribution in [1.82, 2.24) is 15.1 Å². The van der Waals surface area contributed by atoms with Crippen LogP contribution in [0.2, 0.25) is 0 Å². The van der Waals surface area contributed by atoms with Crippen molar-refractivity contribution >= 4 is 0 Å². The molecule has 2 unspecified atom stereocenters. The maximum Gasteiger partial charge on any atom is 0.416 e. The van der Waals surface area contributed by atoms with E-state index >= 15 is 0 Å². The third kappa shape index (κ3) is 4.33. The first-order chi connectivity index (χ1) is 13.2. The quantitative estimate of drug-likeness (QED) is 0.781. The molecule has 2 atom stereocenters. The highest BCUT2D eigenvalue weighted by Gasteiger charge is 2.49. The molecule has 0 amide bonds. The topological polar surface area (TPSA) is 18.5 Å². The van der Waals surface area contributed by atoms with Gasteiger partial charge in [0.25, 0.3) is 5.92 Å². The zero-order valence-corrected chi connectivity index (χ0v) is 15.7. The van der Waals surface area contributed by atoms with Crippen LogP contribution in [0.5, 0.6) is 0 Å². The molecule has 1 aromatic carbocycles. The number of halogens is 5. The molecule has 3 nitrogen and oxygen atoms in total. The van der Waals surface area contributed by atoms with Crippen LogP contribution in [0.4, 0.5) is 22.0 Å². The number of nitrogens with zero attached hydrogens (tertiary/aromatic N) is 2. The van der Waals surface area contributed by atoms with Gasteiger partial charge in [0.1, 0.15) is 0 Å². The summed E-state index contributed by atoms with van der Waals surface area (Å²) in [5.74, 6) is -2.65. The van der Waals surface area contributed by atoms with E-state index in [1.165, 1.54) is 12.1 Å². The van der Waals surface area contributed by atoms with E-state index in [0.717, 1.165) is 43.6 Å². The molecule has 3 aliphatic rings. The first-order valence-corrected chi connectivity index (χ1v) is 9.96. The summed E-state index contributed by atoms with van der Waals surface area (Å²) in [5, 5.41) is 3.33. The molecule has 0 aromatic heterocycles. The molecule has 0 radical (unpaired) electrons. The van der Waals surface area contributed by atoms with E-state index in [1.54, 1.807) is 0 Å². The lowest BCUT2D eigenvalue weighted by molar-refractivity contribution is -0.137. The Morgan fingerprint density at radius 3 is 2.32 bits per heavy atom. The Bertz CT molecular complexity index is 669. The van der Waals surface area contributed by atoms with Crippen LogP contribution in [-0.2, 0) is 12.6 Å². The summed E-state index contributed by atoms with van der Waals surface area (Å²) in [6.45, 7) is 2.79. The van der Waals surface area contributed by atoms with E-state index in [2.05, 4.69) is 10.2 Å². The van der Waals surface area contributed by atoms with Crippen LogP contribution in [-0.4, -0.2) is 66.6 Å². The van der Waals surface area contributed by atoms with Gasteiger partial charge >= 0.3 is 6.18 Å². The largest absolute Gasteiger partial charge is 0.416 e. The smallest absolute Gasteiger partial charge is 0.317 e. The summed E-state index contributed by atoms with van der Waals surface area (Å²) in [6, 6.07) is 5.53. The fourth-order valence-corrected chi connectivity index (χ4v) is 5.00. The van der Waals surface area contributed by atoms with Crippen LogP contribution in [0.15, 0.2) is 24.3 Å². The summed E-state index contributed by atoms with van der Waals surface area (Å²) >= 11 is 0. The number of nitrogens with one attached hydrogen (secondary N) is 1. The van der Waals surface area contributed by atoms with Crippen LogP contribution in [0, 0.1) is 0 Å². The van der Waals surface area contributed by atoms with Crippen molar-refractivity contribution in [2.24, 2.45) is 0 Å². The maximum absolute atomic E-state index is 13.9. The Balaban J connectivity index is 1.51. The van der Waals surface area contributed by atoms with Gasteiger partial charge < -0.3 is 5.32 Å². The highest BCUT2D eigenvalue weighted by atomic mass is 19.4. The second kappa shape index (κ2) is 7.54. The van der Waals surface area contributed by atoms with Crippen molar-refractivity contribution in [2.75, 3.05) is 32.7 Å². The van der Waals surface area contributed by atoms with Gasteiger partial charge in [-0.05, 0) is 50.0 Å². The molecule has 1 aromatic rings. The van der Waals surface area contributed by atoms with E-state index in [1.807, 2.05) is 4.90 Å². The highest BCUT2D eigenvalue weighted by molar-refractivity contribution is 5.25. The zero-order valence-electron chi connectivity index (χ0n) is 15.7. The van der Waals surface area contributed by atoms with Gasteiger partial charge in [-0.25, -0.2) is 8.78 Å². The minimum atomic E-state index is -4.35. The molecule has 4 rings (SSSR count). The fourth-order valence-electron chi connectivity index (χ4n) is 5.00. The average Bonchev–Trinajstić information content (AvgIpc) is 2.94. The normalized spacial score (nSPS) is 29.8. The predicted molar refractivity (Wildman–Crippen MR) is 96.5 cm³/mol. The minimum Gasteiger partial charge on any atom is -0.317 e. The van der Waals surface area contributed by atoms with Gasteiger partial charge in [0, 0.05) is 37.6 Å². The van der Waals surface area contributed by atoms with Crippen LogP contribution in [0.1, 0.15) is 30.4 Å². The fraction of sp³-hybridized carbons (Fsp3) is 0.700. The third-order valence-electron chi connectivity index (χ3n) is 6.35. The van der Waals surface area contributed by atoms with E-state index in [9.17, 15) is 22.0 Å². The Hall–Kier alpha value is -1.25. The molecule has 156 valence electrons. The Morgan fingerprint density at radius 1 is 1.00 bits per heavy atom. The van der Waals surface area contributed by atoms with Crippen molar-refractivity contribution in [2.45, 2.75) is 55.9 Å². The van der Waals surface area contributed by atoms with E-state index in [0.29, 0.717) is 25.6 Å². The second-order valence-corrected chi connectivity index (χ2v) is 8.37. The number of hydrogen-bond donors (Lipinski definition) is 1. The number of piperazine rings is 1. The van der Waals surface area contributed by atoms with Crippen LogP contribution < -0.4 is 5.32 Å². The van der Waals surface area contributed by atoms with Gasteiger partial charge in [0.05, 0.1) is 12.1 Å². The lowest BCUT2D eigenvalue weighted by atomic mass is 9.94. The molecular weight excluding hydrogens is 377 g/mol. The van der Waals surface area contributed by atoms with Crippen molar-refractivity contribution in [3.63, 3.8) is 0 Å². The number of hydrogen-bond acceptors (Lipinski definition) is 3. The monoisotopic (exact) mass is 403 g/mol. The van der Waals surface area contributed by atoms with Gasteiger partial charge in [-0.3, -0.25) is 9.80 Å². The van der Waals surface area contributed by atoms with Gasteiger partial charge in [-0.1, -0.05) is 12.1 Å². The molecule has 0 bridgehead atoms. The van der Waals surface area contributed by atoms with Crippen LogP contribution in [0.25, 0.3) is 0 Å². The van der Waals surface area contributed by atoms with Gasteiger partial charge in [0.15, 0.2) is 0 Å². The number of alkyl halides is 5. The summed E-state index contributed by atoms with van der Waals surface area (Å²) in [6.07, 6.45) is -1.91. The van der Waals surface area contributed by atoms with Gasteiger partial charge in [0.2, 0.25) is 0 Å². The minimum absolute atomic E-state index is 0.0463. The standard InChI is InChI=1S/C20H26F5N3/c21-19(22)10-18-12-28(16-5-7-26-8-6-16)17(11-27(18)13-19)9-14-1-3-15(4-2-14)20(23,24)25/h1-4,16-18,26H,5-13H2. The molecule has 3 saturated heterocycles. The first kappa shape index (κ1) is 20.0. The summed E-state index contributed by atoms with van der Waals surface area (Å²) in [7, 11) is 0. The van der Waals surface area contributed by atoms with E-state index in [4.69, 9.17) is 0 Å². The average molecular weight is 403 g/mol. The lowest BCUT2D eigenvalue weighted by Gasteiger charge is -2.48. The highest BCUT2D eigenvalue weighted by Crippen LogP contribution is 2.37. The Labute approximate surface area is 161 Å². The number of rotatable bonds is 3. The zero-order chi connectivity index (χ0) is 19.9. The Morgan fingerprint density at radius 2 is 1.68 bits per heavy atom. The van der Waals surface area contributed by atoms with Gasteiger partial charge in [-0.2, -0.15) is 13.2 Å². The van der Waals surface area contributed by atoms with Gasteiger partial charge in [-0.15, -0.1) is 0 Å². The first-order valence-electron chi connectivity index (χ1n) is 9.96. The molecular formula is C20H26F5N3. The van der Waals surface area contributed by atoms with E-state index < -0.39 is 17.7 Å². The molecule has 0 spiro atoms. The predicted octanol–water partition coefficient (Wildman–Crippen LogP) is 3.39. The SMILES string of the molecule is FC1(F)CC2CN(C3CCNCC3)C(Cc3ccc(C(F)(F)F)cc3)CN2C1. The van der Waals surface area contributed by atoms with Crippen molar-refractivity contribution < 1.29 is 22.0 Å². The molecule has 3 aliphatic heterocycles. The molecule has 0 saturated carbocycles. The lowest BCUT2D eigenvalue weighted by Crippen LogP contribution is -2.61. The maximum atomic E-state index is 13.9. The van der Waals surface area contributed by atoms with Crippen molar-refractivity contribution in [3.8, 4) is 0 Å². The molecule has 28 heavy (non-hydrogen) atoms. The van der Waals surface area contributed by atoms with E-state index in [-0.39, 0.29) is 25.0 Å². The number of fused-ring (bicyclic) bond motifs is 1.